The number of amides is 1. The number of H-pyrrole nitrogens is 1. The molecule has 0 radical (unpaired) electrons. The molecule has 0 aliphatic heterocycles. The fraction of sp³-hybridized carbons (Fsp3) is 0.214. The van der Waals surface area contributed by atoms with Gasteiger partial charge in [0.2, 0.25) is 5.91 Å². The van der Waals surface area contributed by atoms with Crippen LogP contribution in [0.3, 0.4) is 0 Å². The molecule has 92 valence electrons. The predicted molar refractivity (Wildman–Crippen MR) is 71.8 cm³/mol. The minimum Gasteiger partial charge on any atom is -0.361 e. The highest BCUT2D eigenvalue weighted by atomic mass is 16.2. The van der Waals surface area contributed by atoms with Gasteiger partial charge in [0, 0.05) is 17.1 Å². The number of fused-ring (bicyclic) bond motifs is 1. The molecule has 0 spiro atoms. The maximum atomic E-state index is 11.6. The van der Waals surface area contributed by atoms with E-state index in [4.69, 9.17) is 12.2 Å². The van der Waals surface area contributed by atoms with Crippen molar-refractivity contribution in [3.63, 3.8) is 0 Å². The Hall–Kier alpha value is -2.25. The summed E-state index contributed by atoms with van der Waals surface area (Å²) in [6, 6.07) is 7.33. The number of hydrogen-bond donors (Lipinski definition) is 3. The number of benzene rings is 1. The minimum atomic E-state index is -0.586. The number of rotatable bonds is 4. The van der Waals surface area contributed by atoms with Crippen molar-refractivity contribution >= 4 is 16.8 Å². The van der Waals surface area contributed by atoms with E-state index in [0.29, 0.717) is 6.42 Å². The second kappa shape index (κ2) is 5.39. The summed E-state index contributed by atoms with van der Waals surface area (Å²) >= 11 is 0. The molecular formula is C14H15N3O. The molecule has 4 heteroatoms. The first-order valence-electron chi connectivity index (χ1n) is 5.74. The van der Waals surface area contributed by atoms with Gasteiger partial charge in [0.15, 0.2) is 0 Å². The number of para-hydroxylation sites is 1. The third kappa shape index (κ3) is 2.53. The number of nitrogens with one attached hydrogen (secondary N) is 2. The van der Waals surface area contributed by atoms with Gasteiger partial charge in [-0.25, -0.2) is 0 Å². The van der Waals surface area contributed by atoms with Crippen LogP contribution in [-0.2, 0) is 11.2 Å². The molecule has 1 aromatic carbocycles. The number of aromatic nitrogens is 1. The van der Waals surface area contributed by atoms with Gasteiger partial charge in [0.1, 0.15) is 0 Å². The molecule has 4 nitrogen and oxygen atoms in total. The highest BCUT2D eigenvalue weighted by Gasteiger charge is 2.15. The van der Waals surface area contributed by atoms with Crippen LogP contribution < -0.4 is 11.1 Å². The van der Waals surface area contributed by atoms with Crippen LogP contribution in [0.1, 0.15) is 5.56 Å². The van der Waals surface area contributed by atoms with Gasteiger partial charge >= 0.3 is 0 Å². The average Bonchev–Trinajstić information content (AvgIpc) is 2.79. The van der Waals surface area contributed by atoms with Crippen LogP contribution in [0.25, 0.3) is 10.9 Å². The van der Waals surface area contributed by atoms with E-state index in [-0.39, 0.29) is 12.5 Å². The van der Waals surface area contributed by atoms with E-state index in [9.17, 15) is 4.79 Å². The monoisotopic (exact) mass is 241 g/mol. The second-order valence-electron chi connectivity index (χ2n) is 4.09. The Morgan fingerprint density at radius 3 is 3.06 bits per heavy atom. The van der Waals surface area contributed by atoms with Crippen molar-refractivity contribution < 1.29 is 4.79 Å². The van der Waals surface area contributed by atoms with Crippen molar-refractivity contribution in [3.8, 4) is 12.3 Å². The van der Waals surface area contributed by atoms with Gasteiger partial charge in [-0.15, -0.1) is 6.42 Å². The summed E-state index contributed by atoms with van der Waals surface area (Å²) in [5.74, 6) is 2.12. The number of hydrogen-bond acceptors (Lipinski definition) is 2. The largest absolute Gasteiger partial charge is 0.361 e. The number of terminal acetylenes is 1. The van der Waals surface area contributed by atoms with E-state index >= 15 is 0 Å². The summed E-state index contributed by atoms with van der Waals surface area (Å²) in [6.45, 7) is 0.209. The third-order valence-corrected chi connectivity index (χ3v) is 2.82. The molecule has 0 saturated heterocycles. The molecule has 0 aliphatic rings. The fourth-order valence-corrected chi connectivity index (χ4v) is 1.90. The van der Waals surface area contributed by atoms with Crippen molar-refractivity contribution in [2.75, 3.05) is 6.54 Å². The number of nitrogens with two attached hydrogens (primary N) is 1. The number of carbonyl (C=O) groups is 1. The van der Waals surface area contributed by atoms with E-state index in [1.165, 1.54) is 0 Å². The average molecular weight is 241 g/mol. The SMILES string of the molecule is C#CCNC(=O)[C@H](N)Cc1c[nH]c2ccccc12. The molecule has 2 aromatic rings. The highest BCUT2D eigenvalue weighted by Crippen LogP contribution is 2.18. The van der Waals surface area contributed by atoms with Gasteiger partial charge in [0.25, 0.3) is 0 Å². The highest BCUT2D eigenvalue weighted by molar-refractivity contribution is 5.86. The first-order valence-corrected chi connectivity index (χ1v) is 5.74. The summed E-state index contributed by atoms with van der Waals surface area (Å²) in [7, 11) is 0. The van der Waals surface area contributed by atoms with Crippen molar-refractivity contribution in [2.24, 2.45) is 5.73 Å². The summed E-state index contributed by atoms with van der Waals surface area (Å²) < 4.78 is 0. The molecule has 1 heterocycles. The van der Waals surface area contributed by atoms with E-state index in [1.807, 2.05) is 30.5 Å². The van der Waals surface area contributed by atoms with Crippen molar-refractivity contribution in [1.29, 1.82) is 0 Å². The molecule has 1 amide bonds. The predicted octanol–water partition coefficient (Wildman–Crippen LogP) is 0.787. The zero-order valence-corrected chi connectivity index (χ0v) is 9.94. The molecule has 0 aliphatic carbocycles. The van der Waals surface area contributed by atoms with Crippen LogP contribution in [0.4, 0.5) is 0 Å². The van der Waals surface area contributed by atoms with Crippen LogP contribution in [-0.4, -0.2) is 23.5 Å². The smallest absolute Gasteiger partial charge is 0.238 e. The Balaban J connectivity index is 2.09. The molecule has 1 aromatic heterocycles. The Bertz CT molecular complexity index is 594. The van der Waals surface area contributed by atoms with Gasteiger partial charge < -0.3 is 16.0 Å². The Kier molecular flexibility index (Phi) is 3.66. The third-order valence-electron chi connectivity index (χ3n) is 2.82. The molecular weight excluding hydrogens is 226 g/mol. The molecule has 4 N–H and O–H groups in total. The van der Waals surface area contributed by atoms with Crippen LogP contribution in [0.15, 0.2) is 30.5 Å². The van der Waals surface area contributed by atoms with E-state index in [1.54, 1.807) is 0 Å². The standard InChI is InChI=1S/C14H15N3O/c1-2-7-16-14(18)12(15)8-10-9-17-13-6-4-3-5-11(10)13/h1,3-6,9,12,17H,7-8,15H2,(H,16,18)/t12-/m1/s1. The number of aromatic amines is 1. The molecule has 1 atom stereocenters. The minimum absolute atomic E-state index is 0.209. The van der Waals surface area contributed by atoms with E-state index < -0.39 is 6.04 Å². The summed E-state index contributed by atoms with van der Waals surface area (Å²) in [6.07, 6.45) is 7.45. The quantitative estimate of drug-likeness (QED) is 0.692. The van der Waals surface area contributed by atoms with Gasteiger partial charge in [0.05, 0.1) is 12.6 Å². The molecule has 18 heavy (non-hydrogen) atoms. The zero-order chi connectivity index (χ0) is 13.0. The Labute approximate surface area is 106 Å². The normalized spacial score (nSPS) is 12.0. The van der Waals surface area contributed by atoms with Crippen LogP contribution in [0.2, 0.25) is 0 Å². The second-order valence-corrected chi connectivity index (χ2v) is 4.09. The van der Waals surface area contributed by atoms with Gasteiger partial charge in [-0.3, -0.25) is 4.79 Å². The Morgan fingerprint density at radius 2 is 2.28 bits per heavy atom. The van der Waals surface area contributed by atoms with Gasteiger partial charge in [-0.1, -0.05) is 24.1 Å². The van der Waals surface area contributed by atoms with Crippen molar-refractivity contribution in [1.82, 2.24) is 10.3 Å². The molecule has 2 rings (SSSR count). The molecule has 0 unspecified atom stereocenters. The first-order chi connectivity index (χ1) is 8.72. The lowest BCUT2D eigenvalue weighted by atomic mass is 10.1. The van der Waals surface area contributed by atoms with Crippen LogP contribution in [0.5, 0.6) is 0 Å². The van der Waals surface area contributed by atoms with Crippen molar-refractivity contribution in [2.45, 2.75) is 12.5 Å². The lowest BCUT2D eigenvalue weighted by molar-refractivity contribution is -0.122. The maximum absolute atomic E-state index is 11.6. The lowest BCUT2D eigenvalue weighted by Crippen LogP contribution is -2.42. The Morgan fingerprint density at radius 1 is 1.50 bits per heavy atom. The van der Waals surface area contributed by atoms with Crippen molar-refractivity contribution in [3.05, 3.63) is 36.0 Å². The molecule has 0 fully saturated rings. The zero-order valence-electron chi connectivity index (χ0n) is 9.94. The van der Waals surface area contributed by atoms with E-state index in [0.717, 1.165) is 16.5 Å². The lowest BCUT2D eigenvalue weighted by Gasteiger charge is -2.10. The molecule has 0 bridgehead atoms. The number of carbonyl (C=O) groups excluding carboxylic acids is 1. The van der Waals surface area contributed by atoms with Gasteiger partial charge in [-0.2, -0.15) is 0 Å². The maximum Gasteiger partial charge on any atom is 0.238 e. The molecule has 0 saturated carbocycles. The first kappa shape index (κ1) is 12.2. The fourth-order valence-electron chi connectivity index (χ4n) is 1.90. The summed E-state index contributed by atoms with van der Waals surface area (Å²) in [5, 5.41) is 3.68. The summed E-state index contributed by atoms with van der Waals surface area (Å²) in [4.78, 5) is 14.8. The van der Waals surface area contributed by atoms with E-state index in [2.05, 4.69) is 16.2 Å². The van der Waals surface area contributed by atoms with Gasteiger partial charge in [-0.05, 0) is 18.1 Å². The topological polar surface area (TPSA) is 70.9 Å². The van der Waals surface area contributed by atoms with Crippen LogP contribution in [0, 0.1) is 12.3 Å². The van der Waals surface area contributed by atoms with Crippen LogP contribution >= 0.6 is 0 Å². The summed E-state index contributed by atoms with van der Waals surface area (Å²) in [5.41, 5.74) is 7.93.